The summed E-state index contributed by atoms with van der Waals surface area (Å²) in [6.45, 7) is 0. The fraction of sp³-hybridized carbons (Fsp3) is 0.556. The number of rotatable bonds is 2. The van der Waals surface area contributed by atoms with Gasteiger partial charge in [0.15, 0.2) is 22.6 Å². The van der Waals surface area contributed by atoms with Gasteiger partial charge in [0.1, 0.15) is 5.52 Å². The first-order chi connectivity index (χ1) is 11.9. The van der Waals surface area contributed by atoms with E-state index >= 15 is 0 Å². The fourth-order valence-corrected chi connectivity index (χ4v) is 6.53. The van der Waals surface area contributed by atoms with Gasteiger partial charge >= 0.3 is 0 Å². The van der Waals surface area contributed by atoms with Gasteiger partial charge in [-0.25, -0.2) is 18.2 Å². The van der Waals surface area contributed by atoms with Crippen LogP contribution in [-0.2, 0) is 4.79 Å². The summed E-state index contributed by atoms with van der Waals surface area (Å²) >= 11 is 0.977. The lowest BCUT2D eigenvalue weighted by Crippen LogP contribution is -2.51. The molecule has 1 N–H and O–H groups in total. The first-order valence-electron chi connectivity index (χ1n) is 8.69. The molecule has 0 spiro atoms. The SMILES string of the molecule is O=C(Nc1nc2c(F)c(F)c(F)cc2s1)C12CC3CC(CC(C3)C1)C2. The molecule has 4 bridgehead atoms. The van der Waals surface area contributed by atoms with Gasteiger partial charge in [0.25, 0.3) is 0 Å². The normalized spacial score (nSPS) is 33.2. The molecule has 1 aromatic carbocycles. The minimum Gasteiger partial charge on any atom is -0.301 e. The maximum atomic E-state index is 13.8. The number of fused-ring (bicyclic) bond motifs is 1. The van der Waals surface area contributed by atoms with Crippen molar-refractivity contribution in [1.82, 2.24) is 4.98 Å². The molecule has 2 aromatic rings. The van der Waals surface area contributed by atoms with E-state index < -0.39 is 17.5 Å². The molecule has 0 radical (unpaired) electrons. The number of amides is 1. The Kier molecular flexibility index (Phi) is 3.24. The van der Waals surface area contributed by atoms with Crippen molar-refractivity contribution in [2.45, 2.75) is 38.5 Å². The molecule has 0 saturated heterocycles. The number of benzene rings is 1. The minimum atomic E-state index is -1.53. The maximum Gasteiger partial charge on any atom is 0.232 e. The number of halogens is 3. The van der Waals surface area contributed by atoms with E-state index in [0.29, 0.717) is 17.8 Å². The van der Waals surface area contributed by atoms with Crippen LogP contribution in [0.25, 0.3) is 10.2 Å². The Morgan fingerprint density at radius 1 is 1.08 bits per heavy atom. The van der Waals surface area contributed by atoms with E-state index in [1.807, 2.05) is 0 Å². The summed E-state index contributed by atoms with van der Waals surface area (Å²) < 4.78 is 40.8. The van der Waals surface area contributed by atoms with Gasteiger partial charge in [-0.2, -0.15) is 0 Å². The van der Waals surface area contributed by atoms with Gasteiger partial charge in [-0.15, -0.1) is 0 Å². The molecule has 3 nitrogen and oxygen atoms in total. The first kappa shape index (κ1) is 15.6. The highest BCUT2D eigenvalue weighted by Crippen LogP contribution is 2.60. The average molecular weight is 366 g/mol. The molecule has 0 aliphatic heterocycles. The van der Waals surface area contributed by atoms with E-state index in [-0.39, 0.29) is 26.7 Å². The molecule has 1 aromatic heterocycles. The largest absolute Gasteiger partial charge is 0.301 e. The number of nitrogens with one attached hydrogen (secondary N) is 1. The highest BCUT2D eigenvalue weighted by molar-refractivity contribution is 7.22. The number of hydrogen-bond donors (Lipinski definition) is 1. The third-order valence-corrected chi connectivity index (χ3v) is 7.18. The second-order valence-electron chi connectivity index (χ2n) is 8.00. The zero-order chi connectivity index (χ0) is 17.3. The molecular weight excluding hydrogens is 349 g/mol. The van der Waals surface area contributed by atoms with Crippen LogP contribution < -0.4 is 5.32 Å². The first-order valence-corrected chi connectivity index (χ1v) is 9.51. The summed E-state index contributed by atoms with van der Waals surface area (Å²) in [6, 6.07) is 0.922. The van der Waals surface area contributed by atoms with Gasteiger partial charge in [-0.05, 0) is 62.3 Å². The lowest BCUT2D eigenvalue weighted by atomic mass is 9.49. The van der Waals surface area contributed by atoms with Crippen molar-refractivity contribution in [2.24, 2.45) is 23.2 Å². The van der Waals surface area contributed by atoms with Crippen LogP contribution >= 0.6 is 11.3 Å². The van der Waals surface area contributed by atoms with E-state index in [4.69, 9.17) is 0 Å². The average Bonchev–Trinajstić information content (AvgIpc) is 2.94. The van der Waals surface area contributed by atoms with Crippen molar-refractivity contribution in [1.29, 1.82) is 0 Å². The number of carbonyl (C=O) groups excluding carboxylic acids is 1. The van der Waals surface area contributed by atoms with Crippen LogP contribution in [0.15, 0.2) is 6.07 Å². The maximum absolute atomic E-state index is 13.8. The standard InChI is InChI=1S/C18H17F3N2OS/c19-11-4-12-15(14(21)13(11)20)22-17(25-12)23-16(24)18-5-8-1-9(6-18)3-10(2-8)7-18/h4,8-10H,1-3,5-7H2,(H,22,23,24). The van der Waals surface area contributed by atoms with Crippen LogP contribution in [0, 0.1) is 40.6 Å². The Balaban J connectivity index is 1.45. The Bertz CT molecular complexity index is 859. The van der Waals surface area contributed by atoms with Gasteiger partial charge < -0.3 is 5.32 Å². The van der Waals surface area contributed by atoms with Crippen LogP contribution in [0.5, 0.6) is 0 Å². The van der Waals surface area contributed by atoms with Crippen LogP contribution in [0.2, 0.25) is 0 Å². The predicted octanol–water partition coefficient (Wildman–Crippen LogP) is 4.87. The molecule has 132 valence electrons. The van der Waals surface area contributed by atoms with Gasteiger partial charge in [0, 0.05) is 0 Å². The number of nitrogens with zero attached hydrogens (tertiary/aromatic N) is 1. The lowest BCUT2D eigenvalue weighted by molar-refractivity contribution is -0.140. The molecule has 1 heterocycles. The quantitative estimate of drug-likeness (QED) is 0.771. The van der Waals surface area contributed by atoms with Crippen molar-refractivity contribution in [3.63, 3.8) is 0 Å². The highest BCUT2D eigenvalue weighted by Gasteiger charge is 2.54. The second kappa shape index (κ2) is 5.19. The molecule has 4 aliphatic rings. The topological polar surface area (TPSA) is 42.0 Å². The molecule has 7 heteroatoms. The van der Waals surface area contributed by atoms with E-state index in [9.17, 15) is 18.0 Å². The summed E-state index contributed by atoms with van der Waals surface area (Å²) in [5.41, 5.74) is -0.577. The second-order valence-corrected chi connectivity index (χ2v) is 9.03. The van der Waals surface area contributed by atoms with Crippen LogP contribution in [0.3, 0.4) is 0 Å². The molecule has 25 heavy (non-hydrogen) atoms. The smallest absolute Gasteiger partial charge is 0.232 e. The van der Waals surface area contributed by atoms with Crippen molar-refractivity contribution in [3.8, 4) is 0 Å². The molecule has 0 atom stereocenters. The summed E-state index contributed by atoms with van der Waals surface area (Å²) in [7, 11) is 0. The van der Waals surface area contributed by atoms with E-state index in [2.05, 4.69) is 10.3 Å². The van der Waals surface area contributed by atoms with Crippen LogP contribution in [0.1, 0.15) is 38.5 Å². The molecule has 4 aliphatic carbocycles. The third kappa shape index (κ3) is 2.31. The number of aromatic nitrogens is 1. The van der Waals surface area contributed by atoms with Crippen molar-refractivity contribution in [3.05, 3.63) is 23.5 Å². The summed E-state index contributed by atoms with van der Waals surface area (Å²) in [6.07, 6.45) is 6.43. The molecule has 4 fully saturated rings. The molecule has 1 amide bonds. The Morgan fingerprint density at radius 3 is 2.28 bits per heavy atom. The zero-order valence-electron chi connectivity index (χ0n) is 13.4. The predicted molar refractivity (Wildman–Crippen MR) is 88.7 cm³/mol. The Labute approximate surface area is 146 Å². The number of thiazole rings is 1. The monoisotopic (exact) mass is 366 g/mol. The molecular formula is C18H17F3N2OS. The van der Waals surface area contributed by atoms with Crippen LogP contribution in [0.4, 0.5) is 18.3 Å². The molecule has 4 saturated carbocycles. The summed E-state index contributed by atoms with van der Waals surface area (Å²) in [5, 5.41) is 3.02. The van der Waals surface area contributed by atoms with Gasteiger partial charge in [-0.3, -0.25) is 4.79 Å². The van der Waals surface area contributed by atoms with Crippen molar-refractivity contribution >= 4 is 32.6 Å². The minimum absolute atomic E-state index is 0.0630. The van der Waals surface area contributed by atoms with Gasteiger partial charge in [0.05, 0.1) is 10.1 Å². The highest BCUT2D eigenvalue weighted by atomic mass is 32.1. The van der Waals surface area contributed by atoms with E-state index in [0.717, 1.165) is 36.7 Å². The van der Waals surface area contributed by atoms with Crippen molar-refractivity contribution < 1.29 is 18.0 Å². The van der Waals surface area contributed by atoms with E-state index in [1.54, 1.807) is 0 Å². The number of carbonyl (C=O) groups is 1. The molecule has 6 rings (SSSR count). The van der Waals surface area contributed by atoms with Crippen LogP contribution in [-0.4, -0.2) is 10.9 Å². The van der Waals surface area contributed by atoms with E-state index in [1.165, 1.54) is 19.3 Å². The lowest BCUT2D eigenvalue weighted by Gasteiger charge is -2.55. The summed E-state index contributed by atoms with van der Waals surface area (Å²) in [5.74, 6) is -2.24. The third-order valence-electron chi connectivity index (χ3n) is 6.26. The number of hydrogen-bond acceptors (Lipinski definition) is 3. The Hall–Kier alpha value is -1.63. The zero-order valence-corrected chi connectivity index (χ0v) is 14.3. The Morgan fingerprint density at radius 2 is 1.68 bits per heavy atom. The van der Waals surface area contributed by atoms with Crippen molar-refractivity contribution in [2.75, 3.05) is 5.32 Å². The number of anilines is 1. The van der Waals surface area contributed by atoms with Gasteiger partial charge in [-0.1, -0.05) is 11.3 Å². The molecule has 0 unspecified atom stereocenters. The summed E-state index contributed by atoms with van der Waals surface area (Å²) in [4.78, 5) is 17.0. The fourth-order valence-electron chi connectivity index (χ4n) is 5.65. The van der Waals surface area contributed by atoms with Gasteiger partial charge in [0.2, 0.25) is 5.91 Å².